The minimum Gasteiger partial charge on any atom is -0.465 e. The number of rotatable bonds is 5. The summed E-state index contributed by atoms with van der Waals surface area (Å²) in [7, 11) is -1.72. The van der Waals surface area contributed by atoms with E-state index in [4.69, 9.17) is 0 Å². The molecule has 1 aliphatic carbocycles. The first kappa shape index (κ1) is 19.6. The molecule has 0 radical (unpaired) electrons. The highest BCUT2D eigenvalue weighted by Gasteiger charge is 2.38. The van der Waals surface area contributed by atoms with E-state index in [0.717, 1.165) is 31.2 Å². The minimum atomic E-state index is -3.05. The first-order valence-corrected chi connectivity index (χ1v) is 11.1. The van der Waals surface area contributed by atoms with E-state index in [0.29, 0.717) is 12.0 Å². The Morgan fingerprint density at radius 1 is 1.07 bits per heavy atom. The number of benzene rings is 1. The maximum absolute atomic E-state index is 12.9. The smallest absolute Gasteiger partial charge is 0.337 e. The summed E-state index contributed by atoms with van der Waals surface area (Å²) in [4.78, 5) is 26.2. The number of methoxy groups -OCH3 is 1. The fraction of sp³-hybridized carbons (Fsp3) is 0.500. The predicted octanol–water partition coefficient (Wildman–Crippen LogP) is 2.44. The zero-order valence-corrected chi connectivity index (χ0v) is 16.3. The molecule has 0 aromatic heterocycles. The molecule has 0 spiro atoms. The number of ether oxygens (including phenoxy) is 1. The first-order chi connectivity index (χ1) is 12.9. The third-order valence-corrected chi connectivity index (χ3v) is 7.07. The largest absolute Gasteiger partial charge is 0.465 e. The van der Waals surface area contributed by atoms with Gasteiger partial charge in [0.15, 0.2) is 9.84 Å². The second-order valence-electron chi connectivity index (χ2n) is 7.19. The summed E-state index contributed by atoms with van der Waals surface area (Å²) in [6, 6.07) is 6.69. The van der Waals surface area contributed by atoms with Crippen LogP contribution in [0.2, 0.25) is 0 Å². The molecule has 6 nitrogen and oxygen atoms in total. The molecule has 3 rings (SSSR count). The van der Waals surface area contributed by atoms with Crippen LogP contribution in [0.3, 0.4) is 0 Å². The molecule has 2 fully saturated rings. The van der Waals surface area contributed by atoms with Crippen molar-refractivity contribution in [1.29, 1.82) is 0 Å². The Morgan fingerprint density at radius 2 is 1.74 bits per heavy atom. The highest BCUT2D eigenvalue weighted by molar-refractivity contribution is 7.91. The van der Waals surface area contributed by atoms with Gasteiger partial charge >= 0.3 is 5.97 Å². The number of carbonyl (C=O) groups excluding carboxylic acids is 2. The van der Waals surface area contributed by atoms with Crippen LogP contribution in [0.25, 0.3) is 6.08 Å². The van der Waals surface area contributed by atoms with Crippen LogP contribution in [0.1, 0.15) is 48.0 Å². The molecule has 0 bridgehead atoms. The number of hydrogen-bond donors (Lipinski definition) is 0. The minimum absolute atomic E-state index is 0.0664. The quantitative estimate of drug-likeness (QED) is 0.569. The predicted molar refractivity (Wildman–Crippen MR) is 103 cm³/mol. The number of amides is 1. The number of sulfone groups is 1. The highest BCUT2D eigenvalue weighted by Crippen LogP contribution is 2.29. The van der Waals surface area contributed by atoms with E-state index in [1.165, 1.54) is 13.2 Å². The van der Waals surface area contributed by atoms with Gasteiger partial charge in [0.2, 0.25) is 5.91 Å². The third-order valence-electron chi connectivity index (χ3n) is 5.32. The summed E-state index contributed by atoms with van der Waals surface area (Å²) in [5.74, 6) is -0.318. The monoisotopic (exact) mass is 391 g/mol. The Labute approximate surface area is 160 Å². The van der Waals surface area contributed by atoms with Crippen LogP contribution >= 0.6 is 0 Å². The summed E-state index contributed by atoms with van der Waals surface area (Å²) in [6.45, 7) is 0. The van der Waals surface area contributed by atoms with Crippen molar-refractivity contribution in [2.24, 2.45) is 0 Å². The lowest BCUT2D eigenvalue weighted by Crippen LogP contribution is -2.46. The maximum atomic E-state index is 12.9. The van der Waals surface area contributed by atoms with E-state index in [1.807, 2.05) is 0 Å². The molecular weight excluding hydrogens is 366 g/mol. The molecule has 7 heteroatoms. The fourth-order valence-electron chi connectivity index (χ4n) is 3.94. The van der Waals surface area contributed by atoms with Crippen molar-refractivity contribution in [2.75, 3.05) is 18.6 Å². The number of esters is 1. The van der Waals surface area contributed by atoms with Gasteiger partial charge in [-0.15, -0.1) is 0 Å². The van der Waals surface area contributed by atoms with Crippen molar-refractivity contribution in [1.82, 2.24) is 4.90 Å². The molecule has 1 unspecified atom stereocenters. The molecule has 1 atom stereocenters. The summed E-state index contributed by atoms with van der Waals surface area (Å²) >= 11 is 0. The molecular formula is C20H25NO5S. The van der Waals surface area contributed by atoms with Crippen LogP contribution in [-0.2, 0) is 19.4 Å². The van der Waals surface area contributed by atoms with Gasteiger partial charge in [-0.25, -0.2) is 13.2 Å². The van der Waals surface area contributed by atoms with Crippen molar-refractivity contribution in [2.45, 2.75) is 44.2 Å². The van der Waals surface area contributed by atoms with E-state index < -0.39 is 15.8 Å². The van der Waals surface area contributed by atoms with Crippen LogP contribution in [0.15, 0.2) is 30.3 Å². The maximum Gasteiger partial charge on any atom is 0.337 e. The van der Waals surface area contributed by atoms with Gasteiger partial charge < -0.3 is 9.64 Å². The molecule has 27 heavy (non-hydrogen) atoms. The molecule has 1 aromatic carbocycles. The first-order valence-electron chi connectivity index (χ1n) is 9.29. The fourth-order valence-corrected chi connectivity index (χ4v) is 5.65. The second-order valence-corrected chi connectivity index (χ2v) is 9.42. The second kappa shape index (κ2) is 8.25. The van der Waals surface area contributed by atoms with Gasteiger partial charge in [-0.3, -0.25) is 4.79 Å². The molecule has 2 aliphatic rings. The molecule has 1 heterocycles. The van der Waals surface area contributed by atoms with E-state index in [2.05, 4.69) is 4.74 Å². The lowest BCUT2D eigenvalue weighted by Gasteiger charge is -2.33. The molecule has 146 valence electrons. The van der Waals surface area contributed by atoms with Crippen LogP contribution in [0.5, 0.6) is 0 Å². The van der Waals surface area contributed by atoms with E-state index in [1.54, 1.807) is 35.2 Å². The highest BCUT2D eigenvalue weighted by atomic mass is 32.2. The molecule has 1 amide bonds. The average molecular weight is 391 g/mol. The molecule has 1 saturated heterocycles. The van der Waals surface area contributed by atoms with Crippen molar-refractivity contribution in [3.05, 3.63) is 41.5 Å². The SMILES string of the molecule is COC(=O)c1ccc(C=CC(=O)N(C2CCCC2)C2CCS(=O)(=O)C2)cc1. The zero-order valence-electron chi connectivity index (χ0n) is 15.5. The zero-order chi connectivity index (χ0) is 19.4. The molecule has 1 aromatic rings. The van der Waals surface area contributed by atoms with E-state index >= 15 is 0 Å². The van der Waals surface area contributed by atoms with Gasteiger partial charge in [0.25, 0.3) is 0 Å². The van der Waals surface area contributed by atoms with Crippen LogP contribution in [0, 0.1) is 0 Å². The van der Waals surface area contributed by atoms with Gasteiger partial charge in [0, 0.05) is 18.2 Å². The Kier molecular flexibility index (Phi) is 5.99. The van der Waals surface area contributed by atoms with Crippen molar-refractivity contribution in [3.8, 4) is 0 Å². The number of nitrogens with zero attached hydrogens (tertiary/aromatic N) is 1. The van der Waals surface area contributed by atoms with E-state index in [-0.39, 0.29) is 29.5 Å². The lowest BCUT2D eigenvalue weighted by atomic mass is 10.1. The van der Waals surface area contributed by atoms with Crippen molar-refractivity contribution >= 4 is 27.8 Å². The van der Waals surface area contributed by atoms with Gasteiger partial charge in [-0.2, -0.15) is 0 Å². The number of hydrogen-bond acceptors (Lipinski definition) is 5. The summed E-state index contributed by atoms with van der Waals surface area (Å²) in [5.41, 5.74) is 1.24. The normalized spacial score (nSPS) is 22.2. The topological polar surface area (TPSA) is 80.8 Å². The molecule has 1 saturated carbocycles. The standard InChI is InChI=1S/C20H25NO5S/c1-26-20(23)16-9-6-15(7-10-16)8-11-19(22)21(17-4-2-3-5-17)18-12-13-27(24,25)14-18/h6-11,17-18H,2-5,12-14H2,1H3. The van der Waals surface area contributed by atoms with Crippen molar-refractivity contribution < 1.29 is 22.7 Å². The Balaban J connectivity index is 1.74. The Hall–Kier alpha value is -2.15. The van der Waals surface area contributed by atoms with Gasteiger partial charge in [0.1, 0.15) is 0 Å². The van der Waals surface area contributed by atoms with Gasteiger partial charge in [0.05, 0.1) is 24.2 Å². The van der Waals surface area contributed by atoms with E-state index in [9.17, 15) is 18.0 Å². The Morgan fingerprint density at radius 3 is 2.30 bits per heavy atom. The molecule has 0 N–H and O–H groups in total. The Bertz CT molecular complexity index is 822. The van der Waals surface area contributed by atoms with Gasteiger partial charge in [-0.05, 0) is 43.0 Å². The summed E-state index contributed by atoms with van der Waals surface area (Å²) in [6.07, 6.45) is 7.75. The van der Waals surface area contributed by atoms with Crippen LogP contribution in [0.4, 0.5) is 0 Å². The van der Waals surface area contributed by atoms with Crippen LogP contribution in [-0.4, -0.2) is 55.9 Å². The summed E-state index contributed by atoms with van der Waals surface area (Å²) in [5, 5.41) is 0. The summed E-state index contributed by atoms with van der Waals surface area (Å²) < 4.78 is 28.4. The average Bonchev–Trinajstić information content (AvgIpc) is 3.30. The lowest BCUT2D eigenvalue weighted by molar-refractivity contribution is -0.130. The van der Waals surface area contributed by atoms with Crippen LogP contribution < -0.4 is 0 Å². The third kappa shape index (κ3) is 4.77. The van der Waals surface area contributed by atoms with Gasteiger partial charge in [-0.1, -0.05) is 25.0 Å². The van der Waals surface area contributed by atoms with Crippen molar-refractivity contribution in [3.63, 3.8) is 0 Å². The number of carbonyl (C=O) groups is 2. The molecule has 1 aliphatic heterocycles.